The molecule has 0 bridgehead atoms. The summed E-state index contributed by atoms with van der Waals surface area (Å²) in [7, 11) is 1.33. The third kappa shape index (κ3) is 2.05. The van der Waals surface area contributed by atoms with E-state index in [1.807, 2.05) is 0 Å². The molecule has 2 N–H and O–H groups in total. The average molecular weight is 224 g/mol. The van der Waals surface area contributed by atoms with E-state index < -0.39 is 6.04 Å². The molecule has 2 atom stereocenters. The van der Waals surface area contributed by atoms with Gasteiger partial charge in [0, 0.05) is 5.56 Å². The van der Waals surface area contributed by atoms with Gasteiger partial charge in [0.2, 0.25) is 0 Å². The van der Waals surface area contributed by atoms with Crippen LogP contribution >= 0.6 is 0 Å². The second kappa shape index (κ2) is 4.59. The van der Waals surface area contributed by atoms with E-state index in [1.54, 1.807) is 18.2 Å². The molecule has 86 valence electrons. The van der Waals surface area contributed by atoms with Gasteiger partial charge in [-0.25, -0.2) is 15.2 Å². The number of hydrogen-bond donors (Lipinski definition) is 2. The van der Waals surface area contributed by atoms with Gasteiger partial charge in [0.05, 0.1) is 13.2 Å². The molecule has 0 spiro atoms. The molecule has 2 rings (SSSR count). The van der Waals surface area contributed by atoms with Crippen molar-refractivity contribution in [1.82, 2.24) is 10.9 Å². The first-order valence-electron chi connectivity index (χ1n) is 5.05. The van der Waals surface area contributed by atoms with E-state index in [0.717, 1.165) is 0 Å². The Morgan fingerprint density at radius 2 is 2.19 bits per heavy atom. The van der Waals surface area contributed by atoms with Crippen LogP contribution < -0.4 is 10.9 Å². The summed E-state index contributed by atoms with van der Waals surface area (Å²) in [6.45, 7) is 0. The van der Waals surface area contributed by atoms with Crippen molar-refractivity contribution in [3.8, 4) is 0 Å². The summed E-state index contributed by atoms with van der Waals surface area (Å²) in [5, 5.41) is 0. The van der Waals surface area contributed by atoms with Crippen molar-refractivity contribution in [2.24, 2.45) is 0 Å². The SMILES string of the molecule is COC(=O)C1CC(c2ccccc2F)NN1. The molecular weight excluding hydrogens is 211 g/mol. The van der Waals surface area contributed by atoms with Gasteiger partial charge >= 0.3 is 5.97 Å². The molecular formula is C11H13FN2O2. The first kappa shape index (κ1) is 11.0. The molecule has 1 fully saturated rings. The lowest BCUT2D eigenvalue weighted by molar-refractivity contribution is -0.142. The normalized spacial score (nSPS) is 24.4. The topological polar surface area (TPSA) is 50.4 Å². The number of carbonyl (C=O) groups excluding carboxylic acids is 1. The summed E-state index contributed by atoms with van der Waals surface area (Å²) >= 11 is 0. The fraction of sp³-hybridized carbons (Fsp3) is 0.364. The van der Waals surface area contributed by atoms with Gasteiger partial charge in [0.25, 0.3) is 0 Å². The van der Waals surface area contributed by atoms with Crippen LogP contribution in [0.2, 0.25) is 0 Å². The molecule has 0 amide bonds. The third-order valence-electron chi connectivity index (χ3n) is 2.67. The maximum atomic E-state index is 13.5. The third-order valence-corrected chi connectivity index (χ3v) is 2.67. The molecule has 5 heteroatoms. The van der Waals surface area contributed by atoms with Gasteiger partial charge < -0.3 is 4.74 Å². The fourth-order valence-corrected chi connectivity index (χ4v) is 1.81. The van der Waals surface area contributed by atoms with Gasteiger partial charge in [-0.3, -0.25) is 4.79 Å². The second-order valence-corrected chi connectivity index (χ2v) is 3.67. The van der Waals surface area contributed by atoms with Gasteiger partial charge in [0.15, 0.2) is 0 Å². The largest absolute Gasteiger partial charge is 0.468 e. The molecule has 1 aromatic carbocycles. The van der Waals surface area contributed by atoms with Gasteiger partial charge in [0.1, 0.15) is 11.9 Å². The van der Waals surface area contributed by atoms with Crippen LogP contribution in [0.3, 0.4) is 0 Å². The number of nitrogens with one attached hydrogen (secondary N) is 2. The summed E-state index contributed by atoms with van der Waals surface area (Å²) in [5.74, 6) is -0.612. The van der Waals surface area contributed by atoms with E-state index in [2.05, 4.69) is 15.6 Å². The van der Waals surface area contributed by atoms with E-state index in [4.69, 9.17) is 0 Å². The Morgan fingerprint density at radius 3 is 2.88 bits per heavy atom. The minimum absolute atomic E-state index is 0.203. The molecule has 1 aliphatic heterocycles. The highest BCUT2D eigenvalue weighted by Crippen LogP contribution is 2.24. The molecule has 1 heterocycles. The lowest BCUT2D eigenvalue weighted by atomic mass is 10.0. The molecule has 0 radical (unpaired) electrons. The zero-order valence-corrected chi connectivity index (χ0v) is 8.87. The van der Waals surface area contributed by atoms with Crippen LogP contribution in [0.15, 0.2) is 24.3 Å². The Labute approximate surface area is 92.8 Å². The lowest BCUT2D eigenvalue weighted by Gasteiger charge is -2.10. The smallest absolute Gasteiger partial charge is 0.324 e. The molecule has 4 nitrogen and oxygen atoms in total. The molecule has 0 saturated carbocycles. The molecule has 16 heavy (non-hydrogen) atoms. The highest BCUT2D eigenvalue weighted by atomic mass is 19.1. The summed E-state index contributed by atoms with van der Waals surface area (Å²) < 4.78 is 18.1. The maximum absolute atomic E-state index is 13.5. The van der Waals surface area contributed by atoms with Crippen LogP contribution in [0.4, 0.5) is 4.39 Å². The number of benzene rings is 1. The number of halogens is 1. The number of methoxy groups -OCH3 is 1. The number of rotatable bonds is 2. The van der Waals surface area contributed by atoms with Crippen LogP contribution in [0.25, 0.3) is 0 Å². The quantitative estimate of drug-likeness (QED) is 0.733. The summed E-state index contributed by atoms with van der Waals surface area (Å²) in [6.07, 6.45) is 0.480. The van der Waals surface area contributed by atoms with Crippen LogP contribution in [0.5, 0.6) is 0 Å². The number of hydrazine groups is 1. The Balaban J connectivity index is 2.09. The van der Waals surface area contributed by atoms with E-state index in [1.165, 1.54) is 13.2 Å². The van der Waals surface area contributed by atoms with Crippen LogP contribution in [-0.2, 0) is 9.53 Å². The predicted molar refractivity (Wildman–Crippen MR) is 55.8 cm³/mol. The zero-order valence-electron chi connectivity index (χ0n) is 8.87. The molecule has 0 aromatic heterocycles. The number of hydrogen-bond acceptors (Lipinski definition) is 4. The Bertz CT molecular complexity index is 397. The van der Waals surface area contributed by atoms with E-state index in [9.17, 15) is 9.18 Å². The van der Waals surface area contributed by atoms with Crippen LogP contribution in [-0.4, -0.2) is 19.1 Å². The summed E-state index contributed by atoms with van der Waals surface area (Å²) in [6, 6.07) is 5.89. The predicted octanol–water partition coefficient (Wildman–Crippen LogP) is 0.906. The van der Waals surface area contributed by atoms with Crippen molar-refractivity contribution in [2.45, 2.75) is 18.5 Å². The summed E-state index contributed by atoms with van der Waals surface area (Å²) in [5.41, 5.74) is 6.24. The first-order chi connectivity index (χ1) is 7.72. The number of ether oxygens (including phenoxy) is 1. The van der Waals surface area contributed by atoms with Crippen LogP contribution in [0, 0.1) is 5.82 Å². The zero-order chi connectivity index (χ0) is 11.5. The van der Waals surface area contributed by atoms with E-state index in [0.29, 0.717) is 12.0 Å². The fourth-order valence-electron chi connectivity index (χ4n) is 1.81. The van der Waals surface area contributed by atoms with E-state index >= 15 is 0 Å². The molecule has 2 unspecified atom stereocenters. The van der Waals surface area contributed by atoms with Gasteiger partial charge in [-0.2, -0.15) is 0 Å². The van der Waals surface area contributed by atoms with Gasteiger partial charge in [-0.1, -0.05) is 18.2 Å². The number of carbonyl (C=O) groups is 1. The Kier molecular flexibility index (Phi) is 3.17. The van der Waals surface area contributed by atoms with E-state index in [-0.39, 0.29) is 17.8 Å². The Morgan fingerprint density at radius 1 is 1.44 bits per heavy atom. The highest BCUT2D eigenvalue weighted by molar-refractivity contribution is 5.76. The van der Waals surface area contributed by atoms with Crippen molar-refractivity contribution in [3.05, 3.63) is 35.6 Å². The molecule has 1 aromatic rings. The average Bonchev–Trinajstić information content (AvgIpc) is 2.78. The Hall–Kier alpha value is -1.46. The minimum Gasteiger partial charge on any atom is -0.468 e. The molecule has 1 saturated heterocycles. The maximum Gasteiger partial charge on any atom is 0.324 e. The van der Waals surface area contributed by atoms with Gasteiger partial charge in [-0.05, 0) is 12.5 Å². The minimum atomic E-state index is -0.422. The second-order valence-electron chi connectivity index (χ2n) is 3.67. The van der Waals surface area contributed by atoms with Crippen molar-refractivity contribution in [2.75, 3.05) is 7.11 Å². The van der Waals surface area contributed by atoms with Crippen molar-refractivity contribution < 1.29 is 13.9 Å². The van der Waals surface area contributed by atoms with Crippen molar-refractivity contribution in [3.63, 3.8) is 0 Å². The van der Waals surface area contributed by atoms with Crippen LogP contribution in [0.1, 0.15) is 18.0 Å². The monoisotopic (exact) mass is 224 g/mol. The van der Waals surface area contributed by atoms with Crippen molar-refractivity contribution in [1.29, 1.82) is 0 Å². The highest BCUT2D eigenvalue weighted by Gasteiger charge is 2.31. The molecule has 1 aliphatic rings. The van der Waals surface area contributed by atoms with Gasteiger partial charge in [-0.15, -0.1) is 0 Å². The molecule has 0 aliphatic carbocycles. The standard InChI is InChI=1S/C11H13FN2O2/c1-16-11(15)10-6-9(13-14-10)7-4-2-3-5-8(7)12/h2-5,9-10,13-14H,6H2,1H3. The van der Waals surface area contributed by atoms with Crippen molar-refractivity contribution >= 4 is 5.97 Å². The first-order valence-corrected chi connectivity index (χ1v) is 5.05. The lowest BCUT2D eigenvalue weighted by Crippen LogP contribution is -2.36. The summed E-state index contributed by atoms with van der Waals surface area (Å²) in [4.78, 5) is 11.3. The number of esters is 1.